The third-order valence-corrected chi connectivity index (χ3v) is 2.96. The second kappa shape index (κ2) is 7.06. The number of carbonyl (C=O) groups is 2. The van der Waals surface area contributed by atoms with E-state index in [1.165, 1.54) is 19.3 Å². The highest BCUT2D eigenvalue weighted by Gasteiger charge is 2.16. The predicted octanol–water partition coefficient (Wildman–Crippen LogP) is 0.954. The van der Waals surface area contributed by atoms with Crippen LogP contribution in [0.15, 0.2) is 12.4 Å². The predicted molar refractivity (Wildman–Crippen MR) is 68.4 cm³/mol. The number of hydrogen-bond donors (Lipinski definition) is 3. The zero-order valence-corrected chi connectivity index (χ0v) is 11.1. The number of aliphatic carboxylic acids is 1. The number of amides is 1. The van der Waals surface area contributed by atoms with E-state index in [2.05, 4.69) is 10.3 Å². The molecule has 19 heavy (non-hydrogen) atoms. The largest absolute Gasteiger partial charge is 0.481 e. The van der Waals surface area contributed by atoms with Crippen LogP contribution in [-0.4, -0.2) is 27.1 Å². The number of aliphatic hydroxyl groups is 1. The van der Waals surface area contributed by atoms with Crippen LogP contribution in [0.5, 0.6) is 0 Å². The number of carboxylic acid groups (broad SMARTS) is 1. The number of carbonyl (C=O) groups excluding carboxylic acids is 1. The van der Waals surface area contributed by atoms with Crippen molar-refractivity contribution in [2.24, 2.45) is 5.92 Å². The summed E-state index contributed by atoms with van der Waals surface area (Å²) in [7, 11) is 0. The van der Waals surface area contributed by atoms with E-state index in [9.17, 15) is 14.7 Å². The summed E-state index contributed by atoms with van der Waals surface area (Å²) in [5, 5.41) is 20.7. The molecular weight excluding hydrogens is 272 g/mol. The lowest BCUT2D eigenvalue weighted by atomic mass is 10.1. The lowest BCUT2D eigenvalue weighted by molar-refractivity contribution is -0.140. The molecule has 1 heterocycles. The van der Waals surface area contributed by atoms with Gasteiger partial charge in [0.05, 0.1) is 18.1 Å². The van der Waals surface area contributed by atoms with Gasteiger partial charge < -0.3 is 15.5 Å². The monoisotopic (exact) mass is 286 g/mol. The molecule has 104 valence electrons. The maximum absolute atomic E-state index is 11.6. The molecule has 0 aromatic carbocycles. The Morgan fingerprint density at radius 1 is 1.47 bits per heavy atom. The summed E-state index contributed by atoms with van der Waals surface area (Å²) in [5.41, 5.74) is 1.11. The highest BCUT2D eigenvalue weighted by atomic mass is 35.5. The first-order valence-corrected chi connectivity index (χ1v) is 6.05. The zero-order valence-electron chi connectivity index (χ0n) is 10.4. The fourth-order valence-corrected chi connectivity index (χ4v) is 1.78. The molecule has 7 heteroatoms. The van der Waals surface area contributed by atoms with Gasteiger partial charge in [0.15, 0.2) is 0 Å². The van der Waals surface area contributed by atoms with Crippen molar-refractivity contribution in [1.82, 2.24) is 10.3 Å². The Hall–Kier alpha value is -1.66. The van der Waals surface area contributed by atoms with Crippen LogP contribution in [0.1, 0.15) is 24.5 Å². The number of rotatable bonds is 6. The number of nitrogens with one attached hydrogen (secondary N) is 1. The number of nitrogens with zero attached hydrogens (tertiary/aromatic N) is 1. The normalized spacial score (nSPS) is 11.9. The maximum Gasteiger partial charge on any atom is 0.304 e. The van der Waals surface area contributed by atoms with E-state index in [-0.39, 0.29) is 25.5 Å². The molecule has 1 aromatic rings. The van der Waals surface area contributed by atoms with Crippen LogP contribution in [0.2, 0.25) is 5.02 Å². The molecule has 3 N–H and O–H groups in total. The van der Waals surface area contributed by atoms with E-state index < -0.39 is 11.9 Å². The molecule has 0 aliphatic heterocycles. The van der Waals surface area contributed by atoms with Crippen LogP contribution in [0.3, 0.4) is 0 Å². The van der Waals surface area contributed by atoms with Crippen molar-refractivity contribution >= 4 is 23.5 Å². The molecule has 0 bridgehead atoms. The molecule has 0 spiro atoms. The summed E-state index contributed by atoms with van der Waals surface area (Å²) >= 11 is 5.86. The van der Waals surface area contributed by atoms with Gasteiger partial charge in [-0.15, -0.1) is 0 Å². The molecule has 0 saturated heterocycles. The van der Waals surface area contributed by atoms with Gasteiger partial charge in [0.1, 0.15) is 0 Å². The summed E-state index contributed by atoms with van der Waals surface area (Å²) in [5.74, 6) is -2.02. The highest BCUT2D eigenvalue weighted by Crippen LogP contribution is 2.18. The Morgan fingerprint density at radius 3 is 2.74 bits per heavy atom. The Balaban J connectivity index is 2.64. The molecule has 0 aliphatic rings. The van der Waals surface area contributed by atoms with E-state index in [0.717, 1.165) is 0 Å². The summed E-state index contributed by atoms with van der Waals surface area (Å²) in [6.07, 6.45) is 2.68. The summed E-state index contributed by atoms with van der Waals surface area (Å²) in [4.78, 5) is 26.0. The molecule has 1 aromatic heterocycles. The Morgan fingerprint density at radius 2 is 2.16 bits per heavy atom. The second-order valence-electron chi connectivity index (χ2n) is 4.13. The van der Waals surface area contributed by atoms with E-state index in [0.29, 0.717) is 16.1 Å². The van der Waals surface area contributed by atoms with Crippen molar-refractivity contribution in [3.05, 3.63) is 28.5 Å². The van der Waals surface area contributed by atoms with Crippen molar-refractivity contribution < 1.29 is 19.8 Å². The fourth-order valence-electron chi connectivity index (χ4n) is 1.54. The van der Waals surface area contributed by atoms with Crippen molar-refractivity contribution in [3.63, 3.8) is 0 Å². The lowest BCUT2D eigenvalue weighted by Crippen LogP contribution is -2.30. The molecule has 1 unspecified atom stereocenters. The van der Waals surface area contributed by atoms with Gasteiger partial charge in [-0.3, -0.25) is 14.6 Å². The smallest absolute Gasteiger partial charge is 0.304 e. The molecule has 0 fully saturated rings. The van der Waals surface area contributed by atoms with Crippen LogP contribution < -0.4 is 5.32 Å². The van der Waals surface area contributed by atoms with Gasteiger partial charge in [-0.05, 0) is 5.56 Å². The Bertz CT molecular complexity index is 479. The van der Waals surface area contributed by atoms with Crippen LogP contribution in [-0.2, 0) is 22.7 Å². The topological polar surface area (TPSA) is 99.5 Å². The van der Waals surface area contributed by atoms with E-state index in [4.69, 9.17) is 16.7 Å². The molecule has 1 atom stereocenters. The average molecular weight is 287 g/mol. The molecule has 0 saturated carbocycles. The van der Waals surface area contributed by atoms with E-state index in [1.807, 2.05) is 0 Å². The average Bonchev–Trinajstić information content (AvgIpc) is 2.35. The van der Waals surface area contributed by atoms with Crippen LogP contribution in [0.4, 0.5) is 0 Å². The third kappa shape index (κ3) is 4.50. The Kier molecular flexibility index (Phi) is 5.72. The van der Waals surface area contributed by atoms with Crippen LogP contribution in [0, 0.1) is 5.92 Å². The molecule has 0 radical (unpaired) electrons. The van der Waals surface area contributed by atoms with Crippen molar-refractivity contribution in [2.45, 2.75) is 26.5 Å². The highest BCUT2D eigenvalue weighted by molar-refractivity contribution is 6.31. The summed E-state index contributed by atoms with van der Waals surface area (Å²) < 4.78 is 0. The van der Waals surface area contributed by atoms with E-state index in [1.54, 1.807) is 0 Å². The van der Waals surface area contributed by atoms with Crippen LogP contribution in [0.25, 0.3) is 0 Å². The number of aromatic nitrogens is 1. The fraction of sp³-hybridized carbons (Fsp3) is 0.417. The number of carboxylic acids is 1. The van der Waals surface area contributed by atoms with Gasteiger partial charge in [-0.25, -0.2) is 0 Å². The molecule has 6 nitrogen and oxygen atoms in total. The van der Waals surface area contributed by atoms with Crippen molar-refractivity contribution in [3.8, 4) is 0 Å². The number of pyridine rings is 1. The molecular formula is C12H15ClN2O4. The Labute approximate surface area is 115 Å². The van der Waals surface area contributed by atoms with Gasteiger partial charge in [0.25, 0.3) is 0 Å². The second-order valence-corrected chi connectivity index (χ2v) is 4.54. The lowest BCUT2D eigenvalue weighted by Gasteiger charge is -2.12. The minimum atomic E-state index is -1.02. The van der Waals surface area contributed by atoms with Crippen molar-refractivity contribution in [1.29, 1.82) is 0 Å². The zero-order chi connectivity index (χ0) is 14.4. The van der Waals surface area contributed by atoms with Gasteiger partial charge in [0, 0.05) is 30.4 Å². The minimum Gasteiger partial charge on any atom is -0.481 e. The van der Waals surface area contributed by atoms with Crippen LogP contribution >= 0.6 is 11.6 Å². The van der Waals surface area contributed by atoms with E-state index >= 15 is 0 Å². The number of hydrogen-bond acceptors (Lipinski definition) is 4. The van der Waals surface area contributed by atoms with Gasteiger partial charge in [0.2, 0.25) is 5.91 Å². The number of halogens is 1. The summed E-state index contributed by atoms with van der Waals surface area (Å²) in [6.45, 7) is 1.43. The first-order chi connectivity index (χ1) is 8.95. The standard InChI is InChI=1S/C12H15ClN2O4/c1-7(2-11(17)18)12(19)15-4-8-3-14-5-10(13)9(8)6-16/h3,5,7,16H,2,4,6H2,1H3,(H,15,19)(H,17,18). The minimum absolute atomic E-state index is 0.145. The maximum atomic E-state index is 11.6. The van der Waals surface area contributed by atoms with Crippen molar-refractivity contribution in [2.75, 3.05) is 0 Å². The SMILES string of the molecule is CC(CC(=O)O)C(=O)NCc1cncc(Cl)c1CO. The third-order valence-electron chi connectivity index (χ3n) is 2.63. The quantitative estimate of drug-likeness (QED) is 0.723. The summed E-state index contributed by atoms with van der Waals surface area (Å²) in [6, 6.07) is 0. The van der Waals surface area contributed by atoms with Gasteiger partial charge in [-0.2, -0.15) is 0 Å². The van der Waals surface area contributed by atoms with Gasteiger partial charge >= 0.3 is 5.97 Å². The molecule has 1 amide bonds. The number of aliphatic hydroxyl groups excluding tert-OH is 1. The van der Waals surface area contributed by atoms with Gasteiger partial charge in [-0.1, -0.05) is 18.5 Å². The molecule has 0 aliphatic carbocycles. The molecule has 1 rings (SSSR count). The first kappa shape index (κ1) is 15.4. The first-order valence-electron chi connectivity index (χ1n) is 5.67.